The van der Waals surface area contributed by atoms with Gasteiger partial charge in [0.05, 0.1) is 0 Å². The zero-order valence-corrected chi connectivity index (χ0v) is 5.74. The Morgan fingerprint density at radius 1 is 1.88 bits per heavy atom. The lowest BCUT2D eigenvalue weighted by Gasteiger charge is -2.08. The molecular formula is C5H9ClN2. The third-order valence-corrected chi connectivity index (χ3v) is 1.56. The van der Waals surface area contributed by atoms with Crippen LogP contribution in [0.15, 0.2) is 11.8 Å². The van der Waals surface area contributed by atoms with E-state index in [-0.39, 0.29) is 5.50 Å². The molecule has 0 aromatic carbocycles. The molecular weight excluding hydrogens is 124 g/mol. The first-order valence-electron chi connectivity index (χ1n) is 2.51. The third-order valence-electron chi connectivity index (χ3n) is 1.11. The highest BCUT2D eigenvalue weighted by Crippen LogP contribution is 2.12. The first-order valence-corrected chi connectivity index (χ1v) is 2.95. The van der Waals surface area contributed by atoms with Crippen molar-refractivity contribution in [3.63, 3.8) is 0 Å². The molecule has 1 atom stereocenters. The second-order valence-electron chi connectivity index (χ2n) is 1.98. The summed E-state index contributed by atoms with van der Waals surface area (Å²) in [5.74, 6) is 0. The summed E-state index contributed by atoms with van der Waals surface area (Å²) in [6, 6.07) is 0. The molecule has 3 heteroatoms. The normalized spacial score (nSPS) is 28.6. The molecule has 8 heavy (non-hydrogen) atoms. The fourth-order valence-electron chi connectivity index (χ4n) is 0.689. The molecule has 0 fully saturated rings. The molecule has 0 aliphatic carbocycles. The van der Waals surface area contributed by atoms with Crippen LogP contribution in [0.2, 0.25) is 0 Å². The summed E-state index contributed by atoms with van der Waals surface area (Å²) in [7, 11) is 1.92. The van der Waals surface area contributed by atoms with Crippen LogP contribution < -0.4 is 5.43 Å². The van der Waals surface area contributed by atoms with Gasteiger partial charge in [-0.05, 0) is 12.5 Å². The highest BCUT2D eigenvalue weighted by molar-refractivity contribution is 6.22. The summed E-state index contributed by atoms with van der Waals surface area (Å²) in [6.07, 6.45) is 1.97. The van der Waals surface area contributed by atoms with Crippen LogP contribution in [0.25, 0.3) is 0 Å². The van der Waals surface area contributed by atoms with Crippen molar-refractivity contribution in [3.8, 4) is 0 Å². The summed E-state index contributed by atoms with van der Waals surface area (Å²) in [5.41, 5.74) is 4.13. The van der Waals surface area contributed by atoms with Crippen LogP contribution in [0.4, 0.5) is 0 Å². The number of hydrogen-bond acceptors (Lipinski definition) is 2. The van der Waals surface area contributed by atoms with Gasteiger partial charge in [0, 0.05) is 13.2 Å². The molecule has 1 aliphatic heterocycles. The molecule has 2 nitrogen and oxygen atoms in total. The van der Waals surface area contributed by atoms with E-state index in [2.05, 4.69) is 5.43 Å². The maximum atomic E-state index is 5.74. The SMILES string of the molecule is CC1=CN(C)NC1Cl. The third kappa shape index (κ3) is 0.956. The lowest BCUT2D eigenvalue weighted by molar-refractivity contribution is 0.361. The number of nitrogens with zero attached hydrogens (tertiary/aromatic N) is 1. The maximum Gasteiger partial charge on any atom is 0.122 e. The molecule has 1 aliphatic rings. The van der Waals surface area contributed by atoms with E-state index in [1.807, 2.05) is 25.2 Å². The lowest BCUT2D eigenvalue weighted by Crippen LogP contribution is -2.29. The molecule has 0 spiro atoms. The lowest BCUT2D eigenvalue weighted by atomic mass is 10.3. The van der Waals surface area contributed by atoms with Crippen molar-refractivity contribution in [2.75, 3.05) is 7.05 Å². The van der Waals surface area contributed by atoms with Crippen LogP contribution in [-0.4, -0.2) is 17.6 Å². The van der Waals surface area contributed by atoms with Gasteiger partial charge in [0.2, 0.25) is 0 Å². The standard InChI is InChI=1S/C5H9ClN2/c1-4-3-8(2)7-5(4)6/h3,5,7H,1-2H3. The monoisotopic (exact) mass is 132 g/mol. The number of hydrogen-bond donors (Lipinski definition) is 1. The highest BCUT2D eigenvalue weighted by atomic mass is 35.5. The Labute approximate surface area is 54.1 Å². The first kappa shape index (κ1) is 5.92. The number of halogens is 1. The Balaban J connectivity index is 2.59. The van der Waals surface area contributed by atoms with Gasteiger partial charge in [-0.2, -0.15) is 0 Å². The zero-order chi connectivity index (χ0) is 6.15. The molecule has 0 aromatic heterocycles. The molecule has 0 saturated heterocycles. The van der Waals surface area contributed by atoms with Crippen molar-refractivity contribution in [2.24, 2.45) is 0 Å². The van der Waals surface area contributed by atoms with Gasteiger partial charge in [-0.1, -0.05) is 11.6 Å². The predicted molar refractivity (Wildman–Crippen MR) is 34.3 cm³/mol. The molecule has 1 N–H and O–H groups in total. The van der Waals surface area contributed by atoms with Crippen LogP contribution in [0.3, 0.4) is 0 Å². The Kier molecular flexibility index (Phi) is 1.45. The minimum absolute atomic E-state index is 0.000000000000000222. The predicted octanol–water partition coefficient (Wildman–Crippen LogP) is 0.905. The van der Waals surface area contributed by atoms with Crippen LogP contribution in [0, 0.1) is 0 Å². The number of hydrazine groups is 1. The quantitative estimate of drug-likeness (QED) is 0.389. The van der Waals surface area contributed by atoms with E-state index in [0.29, 0.717) is 0 Å². The Morgan fingerprint density at radius 2 is 2.50 bits per heavy atom. The molecule has 0 amide bonds. The second kappa shape index (κ2) is 1.96. The molecule has 0 radical (unpaired) electrons. The van der Waals surface area contributed by atoms with E-state index < -0.39 is 0 Å². The van der Waals surface area contributed by atoms with Gasteiger partial charge in [0.25, 0.3) is 0 Å². The number of alkyl halides is 1. The zero-order valence-electron chi connectivity index (χ0n) is 4.98. The molecule has 1 unspecified atom stereocenters. The topological polar surface area (TPSA) is 15.3 Å². The van der Waals surface area contributed by atoms with Crippen molar-refractivity contribution < 1.29 is 0 Å². The Bertz CT molecular complexity index is 122. The van der Waals surface area contributed by atoms with Crippen molar-refractivity contribution in [1.29, 1.82) is 0 Å². The van der Waals surface area contributed by atoms with Gasteiger partial charge in [-0.25, -0.2) is 5.43 Å². The van der Waals surface area contributed by atoms with Gasteiger partial charge >= 0.3 is 0 Å². The summed E-state index contributed by atoms with van der Waals surface area (Å²) in [6.45, 7) is 1.99. The van der Waals surface area contributed by atoms with Crippen LogP contribution >= 0.6 is 11.6 Å². The summed E-state index contributed by atoms with van der Waals surface area (Å²) < 4.78 is 0. The highest BCUT2D eigenvalue weighted by Gasteiger charge is 2.13. The molecule has 1 rings (SSSR count). The van der Waals surface area contributed by atoms with Crippen molar-refractivity contribution in [3.05, 3.63) is 11.8 Å². The first-order chi connectivity index (χ1) is 3.70. The molecule has 0 bridgehead atoms. The van der Waals surface area contributed by atoms with E-state index >= 15 is 0 Å². The average Bonchev–Trinajstić information content (AvgIpc) is 1.85. The minimum atomic E-state index is -0.000000000000000222. The van der Waals surface area contributed by atoms with Crippen LogP contribution in [-0.2, 0) is 0 Å². The summed E-state index contributed by atoms with van der Waals surface area (Å²) in [4.78, 5) is 0. The van der Waals surface area contributed by atoms with Crippen molar-refractivity contribution in [1.82, 2.24) is 10.4 Å². The van der Waals surface area contributed by atoms with Gasteiger partial charge in [-0.3, -0.25) is 0 Å². The van der Waals surface area contributed by atoms with Gasteiger partial charge in [0.1, 0.15) is 5.50 Å². The van der Waals surface area contributed by atoms with Gasteiger partial charge in [-0.15, -0.1) is 0 Å². The molecule has 0 aromatic rings. The fraction of sp³-hybridized carbons (Fsp3) is 0.600. The van der Waals surface area contributed by atoms with Crippen LogP contribution in [0.5, 0.6) is 0 Å². The Morgan fingerprint density at radius 3 is 2.62 bits per heavy atom. The van der Waals surface area contributed by atoms with E-state index in [0.717, 1.165) is 5.57 Å². The van der Waals surface area contributed by atoms with Gasteiger partial charge in [0.15, 0.2) is 0 Å². The Hall–Kier alpha value is -0.210. The average molecular weight is 133 g/mol. The van der Waals surface area contributed by atoms with E-state index in [1.54, 1.807) is 0 Å². The largest absolute Gasteiger partial charge is 0.317 e. The molecule has 1 heterocycles. The maximum absolute atomic E-state index is 5.74. The van der Waals surface area contributed by atoms with Crippen molar-refractivity contribution in [2.45, 2.75) is 12.4 Å². The fourth-order valence-corrected chi connectivity index (χ4v) is 0.899. The number of nitrogens with one attached hydrogen (secondary N) is 1. The molecule has 0 saturated carbocycles. The number of rotatable bonds is 0. The van der Waals surface area contributed by atoms with Crippen LogP contribution in [0.1, 0.15) is 6.92 Å². The molecule has 46 valence electrons. The van der Waals surface area contributed by atoms with Crippen molar-refractivity contribution >= 4 is 11.6 Å². The van der Waals surface area contributed by atoms with E-state index in [9.17, 15) is 0 Å². The van der Waals surface area contributed by atoms with E-state index in [1.165, 1.54) is 0 Å². The van der Waals surface area contributed by atoms with Gasteiger partial charge < -0.3 is 5.01 Å². The summed E-state index contributed by atoms with van der Waals surface area (Å²) >= 11 is 5.74. The summed E-state index contributed by atoms with van der Waals surface area (Å²) in [5, 5.41) is 1.85. The minimum Gasteiger partial charge on any atom is -0.317 e. The smallest absolute Gasteiger partial charge is 0.122 e. The van der Waals surface area contributed by atoms with E-state index in [4.69, 9.17) is 11.6 Å². The second-order valence-corrected chi connectivity index (χ2v) is 2.41.